The zero-order valence-electron chi connectivity index (χ0n) is 11.8. The third kappa shape index (κ3) is 1.72. The fourth-order valence-electron chi connectivity index (χ4n) is 2.58. The molecule has 1 aromatic carbocycles. The number of aromatic nitrogens is 6. The maximum absolute atomic E-state index is 12.8. The Morgan fingerprint density at radius 3 is 2.86 bits per heavy atom. The third-order valence-electron chi connectivity index (χ3n) is 3.67. The van der Waals surface area contributed by atoms with E-state index in [1.54, 1.807) is 16.8 Å². The predicted molar refractivity (Wildman–Crippen MR) is 81.1 cm³/mol. The number of benzene rings is 1. The lowest BCUT2D eigenvalue weighted by Crippen LogP contribution is -2.21. The van der Waals surface area contributed by atoms with Gasteiger partial charge in [0, 0.05) is 6.20 Å². The summed E-state index contributed by atoms with van der Waals surface area (Å²) in [5.41, 5.74) is 2.60. The van der Waals surface area contributed by atoms with Crippen molar-refractivity contribution in [3.63, 3.8) is 0 Å². The molecule has 0 unspecified atom stereocenters. The molecule has 0 atom stereocenters. The molecular formula is C15H12N6O. The normalized spacial score (nSPS) is 11.3. The highest BCUT2D eigenvalue weighted by molar-refractivity contribution is 5.74. The van der Waals surface area contributed by atoms with E-state index < -0.39 is 0 Å². The van der Waals surface area contributed by atoms with E-state index in [9.17, 15) is 4.79 Å². The second-order valence-electron chi connectivity index (χ2n) is 4.88. The van der Waals surface area contributed by atoms with E-state index in [0.717, 1.165) is 17.7 Å². The van der Waals surface area contributed by atoms with Crippen LogP contribution in [0.4, 0.5) is 0 Å². The molecule has 3 heterocycles. The van der Waals surface area contributed by atoms with Gasteiger partial charge in [0.15, 0.2) is 5.52 Å². The van der Waals surface area contributed by atoms with Crippen LogP contribution in [0, 0.1) is 0 Å². The van der Waals surface area contributed by atoms with Crippen molar-refractivity contribution < 1.29 is 0 Å². The zero-order chi connectivity index (χ0) is 15.1. The summed E-state index contributed by atoms with van der Waals surface area (Å²) >= 11 is 0. The molecule has 0 saturated heterocycles. The van der Waals surface area contributed by atoms with Gasteiger partial charge in [-0.2, -0.15) is 14.6 Å². The van der Waals surface area contributed by atoms with E-state index in [1.165, 1.54) is 10.8 Å². The van der Waals surface area contributed by atoms with Gasteiger partial charge in [-0.1, -0.05) is 25.1 Å². The van der Waals surface area contributed by atoms with E-state index >= 15 is 0 Å². The average Bonchev–Trinajstić information content (AvgIpc) is 3.04. The Kier molecular flexibility index (Phi) is 2.72. The maximum Gasteiger partial charge on any atom is 0.285 e. The van der Waals surface area contributed by atoms with Gasteiger partial charge in [-0.25, -0.2) is 0 Å². The van der Waals surface area contributed by atoms with Crippen molar-refractivity contribution >= 4 is 16.8 Å². The number of hydrogen-bond acceptors (Lipinski definition) is 5. The van der Waals surface area contributed by atoms with Crippen LogP contribution in [0.15, 0.2) is 47.7 Å². The number of rotatable bonds is 2. The Labute approximate surface area is 124 Å². The highest BCUT2D eigenvalue weighted by Gasteiger charge is 2.12. The minimum absolute atomic E-state index is 0.219. The molecule has 0 aliphatic heterocycles. The van der Waals surface area contributed by atoms with E-state index in [2.05, 4.69) is 27.2 Å². The number of nitrogens with zero attached hydrogens (tertiary/aromatic N) is 6. The molecule has 0 bridgehead atoms. The molecule has 108 valence electrons. The first-order chi connectivity index (χ1) is 10.8. The second-order valence-corrected chi connectivity index (χ2v) is 4.88. The van der Waals surface area contributed by atoms with Crippen LogP contribution in [0.1, 0.15) is 12.5 Å². The minimum Gasteiger partial charge on any atom is -0.282 e. The standard InChI is InChI=1S/C15H12N6O/c1-2-10-5-3-4-6-11(10)20-8-7-12-13(14(20)22)18-19-15-16-9-17-21(12)15/h3-9H,2H2,1H3. The summed E-state index contributed by atoms with van der Waals surface area (Å²) < 4.78 is 3.11. The van der Waals surface area contributed by atoms with Crippen molar-refractivity contribution in [2.24, 2.45) is 0 Å². The molecule has 0 spiro atoms. The number of aryl methyl sites for hydroxylation is 1. The summed E-state index contributed by atoms with van der Waals surface area (Å²) in [5, 5.41) is 12.0. The first-order valence-electron chi connectivity index (χ1n) is 6.95. The Morgan fingerprint density at radius 2 is 2.00 bits per heavy atom. The predicted octanol–water partition coefficient (Wildman–Crippen LogP) is 1.39. The molecule has 0 aliphatic carbocycles. The van der Waals surface area contributed by atoms with Crippen LogP contribution >= 0.6 is 0 Å². The number of fused-ring (bicyclic) bond motifs is 3. The number of para-hydroxylation sites is 1. The molecule has 7 heteroatoms. The van der Waals surface area contributed by atoms with Crippen molar-refractivity contribution in [2.75, 3.05) is 0 Å². The zero-order valence-corrected chi connectivity index (χ0v) is 11.8. The molecule has 0 fully saturated rings. The van der Waals surface area contributed by atoms with Crippen LogP contribution in [0.5, 0.6) is 0 Å². The molecule has 0 N–H and O–H groups in total. The number of pyridine rings is 1. The van der Waals surface area contributed by atoms with Crippen LogP contribution in [0.3, 0.4) is 0 Å². The Bertz CT molecular complexity index is 1050. The molecule has 3 aromatic heterocycles. The van der Waals surface area contributed by atoms with Crippen molar-refractivity contribution in [1.29, 1.82) is 0 Å². The summed E-state index contributed by atoms with van der Waals surface area (Å²) in [6.07, 6.45) is 3.97. The van der Waals surface area contributed by atoms with Gasteiger partial charge in [0.1, 0.15) is 11.8 Å². The summed E-state index contributed by atoms with van der Waals surface area (Å²) in [7, 11) is 0. The van der Waals surface area contributed by atoms with E-state index in [4.69, 9.17) is 0 Å². The SMILES string of the molecule is CCc1ccccc1-n1ccc2c(nnc3ncnn32)c1=O. The van der Waals surface area contributed by atoms with Crippen molar-refractivity contribution in [3.8, 4) is 5.69 Å². The van der Waals surface area contributed by atoms with Gasteiger partial charge in [-0.15, -0.1) is 10.2 Å². The minimum atomic E-state index is -0.219. The molecule has 4 rings (SSSR count). The Balaban J connectivity index is 2.06. The van der Waals surface area contributed by atoms with Crippen molar-refractivity contribution in [2.45, 2.75) is 13.3 Å². The molecule has 22 heavy (non-hydrogen) atoms. The lowest BCUT2D eigenvalue weighted by molar-refractivity contribution is 0.907. The van der Waals surface area contributed by atoms with Crippen molar-refractivity contribution in [1.82, 2.24) is 29.4 Å². The van der Waals surface area contributed by atoms with Crippen LogP contribution in [-0.2, 0) is 6.42 Å². The largest absolute Gasteiger partial charge is 0.285 e. The fourth-order valence-corrected chi connectivity index (χ4v) is 2.58. The lowest BCUT2D eigenvalue weighted by atomic mass is 10.1. The van der Waals surface area contributed by atoms with Gasteiger partial charge < -0.3 is 0 Å². The van der Waals surface area contributed by atoms with Crippen LogP contribution < -0.4 is 5.56 Å². The van der Waals surface area contributed by atoms with E-state index in [0.29, 0.717) is 11.3 Å². The van der Waals surface area contributed by atoms with Crippen LogP contribution in [0.2, 0.25) is 0 Å². The van der Waals surface area contributed by atoms with Crippen molar-refractivity contribution in [3.05, 3.63) is 58.8 Å². The van der Waals surface area contributed by atoms with Gasteiger partial charge in [0.25, 0.3) is 11.3 Å². The van der Waals surface area contributed by atoms with Gasteiger partial charge in [-0.3, -0.25) is 9.36 Å². The molecule has 7 nitrogen and oxygen atoms in total. The summed E-state index contributed by atoms with van der Waals surface area (Å²) in [4.78, 5) is 16.7. The maximum atomic E-state index is 12.8. The lowest BCUT2D eigenvalue weighted by Gasteiger charge is -2.11. The molecule has 4 aromatic rings. The highest BCUT2D eigenvalue weighted by Crippen LogP contribution is 2.15. The quantitative estimate of drug-likeness (QED) is 0.558. The average molecular weight is 292 g/mol. The fraction of sp³-hybridized carbons (Fsp3) is 0.133. The molecule has 0 aliphatic rings. The second kappa shape index (κ2) is 4.73. The smallest absolute Gasteiger partial charge is 0.282 e. The Morgan fingerprint density at radius 1 is 1.14 bits per heavy atom. The van der Waals surface area contributed by atoms with Gasteiger partial charge in [0.05, 0.1) is 5.69 Å². The van der Waals surface area contributed by atoms with E-state index in [-0.39, 0.29) is 11.1 Å². The van der Waals surface area contributed by atoms with Gasteiger partial charge in [-0.05, 0) is 24.1 Å². The molecule has 0 radical (unpaired) electrons. The molecule has 0 amide bonds. The molecule has 0 saturated carbocycles. The Hall–Kier alpha value is -3.09. The topological polar surface area (TPSA) is 78.0 Å². The first-order valence-corrected chi connectivity index (χ1v) is 6.95. The summed E-state index contributed by atoms with van der Waals surface area (Å²) in [5.74, 6) is 0.374. The first kappa shape index (κ1) is 12.6. The monoisotopic (exact) mass is 292 g/mol. The highest BCUT2D eigenvalue weighted by atomic mass is 16.1. The third-order valence-corrected chi connectivity index (χ3v) is 3.67. The van der Waals surface area contributed by atoms with Crippen LogP contribution in [0.25, 0.3) is 22.5 Å². The van der Waals surface area contributed by atoms with Crippen LogP contribution in [-0.4, -0.2) is 29.4 Å². The summed E-state index contributed by atoms with van der Waals surface area (Å²) in [6.45, 7) is 2.06. The molecular weight excluding hydrogens is 280 g/mol. The summed E-state index contributed by atoms with van der Waals surface area (Å²) in [6, 6.07) is 9.62. The number of hydrogen-bond donors (Lipinski definition) is 0. The van der Waals surface area contributed by atoms with E-state index in [1.807, 2.05) is 24.3 Å². The van der Waals surface area contributed by atoms with Gasteiger partial charge in [0.2, 0.25) is 0 Å². The van der Waals surface area contributed by atoms with Gasteiger partial charge >= 0.3 is 0 Å².